The SMILES string of the molecule is CCS(=N)(=O)c1ccc(-n2ccn(-c3c4c(nn3-c3cc(C)c(F)c(C)c3)CCN(C(=O)c3cc5cc([C@H]6CCOC(C)(C)C6)ccc5[nH]3)C4)c2=O)c(F)c1. The van der Waals surface area contributed by atoms with Crippen molar-refractivity contribution >= 4 is 26.5 Å². The second kappa shape index (κ2) is 13.4. The molecule has 2 N–H and O–H groups in total. The van der Waals surface area contributed by atoms with Crippen molar-refractivity contribution in [2.24, 2.45) is 0 Å². The predicted molar refractivity (Wildman–Crippen MR) is 206 cm³/mol. The lowest BCUT2D eigenvalue weighted by Crippen LogP contribution is -2.36. The number of nitrogens with one attached hydrogen (secondary N) is 2. The van der Waals surface area contributed by atoms with Crippen LogP contribution in [0.5, 0.6) is 0 Å². The highest BCUT2D eigenvalue weighted by Crippen LogP contribution is 2.37. The molecule has 0 saturated carbocycles. The summed E-state index contributed by atoms with van der Waals surface area (Å²) < 4.78 is 61.0. The van der Waals surface area contributed by atoms with Gasteiger partial charge in [0.25, 0.3) is 5.91 Å². The van der Waals surface area contributed by atoms with Crippen molar-refractivity contribution in [1.29, 1.82) is 4.78 Å². The number of halogens is 2. The van der Waals surface area contributed by atoms with Crippen LogP contribution in [0.3, 0.4) is 0 Å². The Kier molecular flexibility index (Phi) is 8.96. The van der Waals surface area contributed by atoms with E-state index >= 15 is 4.39 Å². The number of hydrogen-bond donors (Lipinski definition) is 2. The molecule has 2 aliphatic rings. The third-order valence-electron chi connectivity index (χ3n) is 11.0. The molecule has 5 heterocycles. The molecule has 1 amide bonds. The van der Waals surface area contributed by atoms with Crippen molar-refractivity contribution in [3.63, 3.8) is 0 Å². The van der Waals surface area contributed by atoms with Gasteiger partial charge in [-0.25, -0.2) is 27.2 Å². The zero-order valence-electron chi connectivity index (χ0n) is 31.4. The van der Waals surface area contributed by atoms with Crippen LogP contribution < -0.4 is 5.69 Å². The predicted octanol–water partition coefficient (Wildman–Crippen LogP) is 7.49. The van der Waals surface area contributed by atoms with Crippen LogP contribution >= 0.6 is 0 Å². The van der Waals surface area contributed by atoms with Crippen LogP contribution in [-0.2, 0) is 27.4 Å². The number of carbonyl (C=O) groups is 1. The zero-order valence-corrected chi connectivity index (χ0v) is 32.2. The van der Waals surface area contributed by atoms with Gasteiger partial charge in [-0.1, -0.05) is 13.0 Å². The third kappa shape index (κ3) is 6.50. The normalized spacial score (nSPS) is 18.0. The summed E-state index contributed by atoms with van der Waals surface area (Å²) in [6.45, 7) is 10.4. The summed E-state index contributed by atoms with van der Waals surface area (Å²) in [5.74, 6) is -0.612. The van der Waals surface area contributed by atoms with Gasteiger partial charge in [-0.3, -0.25) is 13.9 Å². The Hall–Kier alpha value is -5.34. The summed E-state index contributed by atoms with van der Waals surface area (Å²) in [7, 11) is -3.18. The maximum atomic E-state index is 15.5. The number of nitrogens with zero attached hydrogens (tertiary/aromatic N) is 5. The highest BCUT2D eigenvalue weighted by Gasteiger charge is 2.32. The number of amides is 1. The number of hydrogen-bond acceptors (Lipinski definition) is 6. The molecular weight excluding hydrogens is 725 g/mol. The molecule has 14 heteroatoms. The third-order valence-corrected chi connectivity index (χ3v) is 12.8. The second-order valence-corrected chi connectivity index (χ2v) is 17.7. The second-order valence-electron chi connectivity index (χ2n) is 15.3. The number of fused-ring (bicyclic) bond motifs is 2. The fourth-order valence-electron chi connectivity index (χ4n) is 7.99. The van der Waals surface area contributed by atoms with Crippen LogP contribution in [0.15, 0.2) is 76.7 Å². The fourth-order valence-corrected chi connectivity index (χ4v) is 8.90. The Labute approximate surface area is 317 Å². The van der Waals surface area contributed by atoms with Crippen molar-refractivity contribution in [1.82, 2.24) is 28.8 Å². The molecule has 11 nitrogen and oxygen atoms in total. The van der Waals surface area contributed by atoms with Crippen LogP contribution in [0.2, 0.25) is 0 Å². The number of aromatic nitrogens is 5. The van der Waals surface area contributed by atoms with Gasteiger partial charge in [0.1, 0.15) is 23.1 Å². The van der Waals surface area contributed by atoms with E-state index in [1.165, 1.54) is 34.7 Å². The molecule has 8 rings (SSSR count). The smallest absolute Gasteiger partial charge is 0.338 e. The first-order valence-corrected chi connectivity index (χ1v) is 20.2. The Morgan fingerprint density at radius 1 is 1.05 bits per heavy atom. The van der Waals surface area contributed by atoms with Crippen LogP contribution in [0.1, 0.15) is 78.0 Å². The Morgan fingerprint density at radius 3 is 2.51 bits per heavy atom. The number of aromatic amines is 1. The lowest BCUT2D eigenvalue weighted by Gasteiger charge is -2.35. The van der Waals surface area contributed by atoms with Gasteiger partial charge in [-0.05, 0) is 112 Å². The van der Waals surface area contributed by atoms with Crippen LogP contribution in [0, 0.1) is 30.3 Å². The minimum absolute atomic E-state index is 0.0233. The Balaban J connectivity index is 1.17. The molecule has 3 aromatic carbocycles. The minimum Gasteiger partial charge on any atom is -0.376 e. The molecule has 0 radical (unpaired) electrons. The summed E-state index contributed by atoms with van der Waals surface area (Å²) >= 11 is 0. The van der Waals surface area contributed by atoms with Crippen molar-refractivity contribution in [2.75, 3.05) is 18.9 Å². The molecule has 6 aromatic rings. The summed E-state index contributed by atoms with van der Waals surface area (Å²) in [4.78, 5) is 33.5. The van der Waals surface area contributed by atoms with Crippen molar-refractivity contribution in [3.05, 3.63) is 123 Å². The average Bonchev–Trinajstić information content (AvgIpc) is 3.87. The van der Waals surface area contributed by atoms with Gasteiger partial charge < -0.3 is 14.6 Å². The number of imidazole rings is 1. The van der Waals surface area contributed by atoms with Gasteiger partial charge in [0.15, 0.2) is 0 Å². The summed E-state index contributed by atoms with van der Waals surface area (Å²) in [5, 5.41) is 5.86. The first-order chi connectivity index (χ1) is 26.1. The summed E-state index contributed by atoms with van der Waals surface area (Å²) in [5.41, 5.74) is 4.29. The fraction of sp³-hybridized carbons (Fsp3) is 0.341. The highest BCUT2D eigenvalue weighted by molar-refractivity contribution is 7.92. The monoisotopic (exact) mass is 767 g/mol. The van der Waals surface area contributed by atoms with E-state index in [0.29, 0.717) is 65.1 Å². The van der Waals surface area contributed by atoms with E-state index in [9.17, 15) is 18.2 Å². The minimum atomic E-state index is -3.18. The number of benzene rings is 3. The first-order valence-electron chi connectivity index (χ1n) is 18.4. The maximum absolute atomic E-state index is 15.5. The van der Waals surface area contributed by atoms with Crippen molar-refractivity contribution in [3.8, 4) is 17.2 Å². The van der Waals surface area contributed by atoms with Gasteiger partial charge >= 0.3 is 5.69 Å². The molecule has 1 unspecified atom stereocenters. The van der Waals surface area contributed by atoms with Gasteiger partial charge in [0.2, 0.25) is 0 Å². The molecule has 0 bridgehead atoms. The van der Waals surface area contributed by atoms with E-state index in [2.05, 4.69) is 31.0 Å². The van der Waals surface area contributed by atoms with E-state index in [1.54, 1.807) is 42.5 Å². The van der Waals surface area contributed by atoms with Crippen molar-refractivity contribution < 1.29 is 22.5 Å². The summed E-state index contributed by atoms with van der Waals surface area (Å²) in [6.07, 6.45) is 5.19. The molecule has 0 aliphatic carbocycles. The van der Waals surface area contributed by atoms with E-state index in [1.807, 2.05) is 12.1 Å². The highest BCUT2D eigenvalue weighted by atomic mass is 32.2. The van der Waals surface area contributed by atoms with Crippen molar-refractivity contribution in [2.45, 2.75) is 76.8 Å². The van der Waals surface area contributed by atoms with Crippen LogP contribution in [-0.4, -0.2) is 63.4 Å². The Bertz CT molecular complexity index is 2660. The zero-order chi connectivity index (χ0) is 39.0. The van der Waals surface area contributed by atoms with Crippen LogP contribution in [0.4, 0.5) is 8.78 Å². The first kappa shape index (κ1) is 36.6. The number of ether oxygens (including phenoxy) is 1. The molecule has 55 heavy (non-hydrogen) atoms. The van der Waals surface area contributed by atoms with Gasteiger partial charge in [0, 0.05) is 54.2 Å². The van der Waals surface area contributed by atoms with Gasteiger partial charge in [0.05, 0.1) is 43.8 Å². The molecule has 3 aromatic heterocycles. The lowest BCUT2D eigenvalue weighted by atomic mass is 9.83. The number of aryl methyl sites for hydroxylation is 2. The topological polar surface area (TPSA) is 131 Å². The van der Waals surface area contributed by atoms with E-state index in [-0.39, 0.29) is 40.2 Å². The number of carbonyl (C=O) groups excluding carboxylic acids is 1. The molecule has 1 fully saturated rings. The molecular formula is C41H43F2N7O4S. The molecule has 2 aliphatic heterocycles. The lowest BCUT2D eigenvalue weighted by molar-refractivity contribution is -0.0592. The van der Waals surface area contributed by atoms with Crippen LogP contribution in [0.25, 0.3) is 28.1 Å². The van der Waals surface area contributed by atoms with E-state index < -0.39 is 21.2 Å². The van der Waals surface area contributed by atoms with Gasteiger partial charge in [-0.2, -0.15) is 5.10 Å². The Morgan fingerprint density at radius 2 is 1.80 bits per heavy atom. The molecule has 0 spiro atoms. The molecule has 286 valence electrons. The quantitative estimate of drug-likeness (QED) is 0.174. The van der Waals surface area contributed by atoms with Gasteiger partial charge in [-0.15, -0.1) is 0 Å². The largest absolute Gasteiger partial charge is 0.376 e. The molecule has 2 atom stereocenters. The standard InChI is InChI=1S/C41H43F2N7O4S/c1-6-55(44,53)30-8-10-36(32(42)21-30)48-14-15-49(40(48)52)38-31-23-47(13-11-34(31)46-50(38)29-17-24(2)37(43)25(3)18-29)39(51)35-20-28-19-26(7-9-33(28)45-35)27-12-16-54-41(4,5)22-27/h7-10,14-15,17-21,27,44-45H,6,11-13,16,22-23H2,1-5H3/t27-,55?/m0/s1. The molecule has 1 saturated heterocycles. The van der Waals surface area contributed by atoms with E-state index in [4.69, 9.17) is 14.6 Å². The summed E-state index contributed by atoms with van der Waals surface area (Å²) in [6, 6.07) is 15.3. The number of H-pyrrole nitrogens is 1. The number of rotatable bonds is 7. The average molecular weight is 768 g/mol. The van der Waals surface area contributed by atoms with E-state index in [0.717, 1.165) is 34.4 Å². The maximum Gasteiger partial charge on any atom is 0.338 e.